The largest absolute Gasteiger partial charge is 0.387 e. The van der Waals surface area contributed by atoms with E-state index in [-0.39, 0.29) is 11.6 Å². The van der Waals surface area contributed by atoms with Crippen molar-refractivity contribution in [1.29, 1.82) is 0 Å². The lowest BCUT2D eigenvalue weighted by molar-refractivity contribution is -0.000505. The number of amides is 2. The van der Waals surface area contributed by atoms with Crippen molar-refractivity contribution in [1.82, 2.24) is 10.6 Å². The van der Waals surface area contributed by atoms with Crippen LogP contribution in [0, 0.1) is 0 Å². The molecule has 0 aromatic rings. The molecule has 1 aliphatic heterocycles. The number of nitrogens with one attached hydrogen (secondary N) is 2. The van der Waals surface area contributed by atoms with Crippen molar-refractivity contribution >= 4 is 11.7 Å². The first kappa shape index (κ1) is 12.8. The summed E-state index contributed by atoms with van der Waals surface area (Å²) in [6.45, 7) is 10.1. The van der Waals surface area contributed by atoms with Gasteiger partial charge in [0.15, 0.2) is 5.60 Å². The topological polar surface area (TPSA) is 62.7 Å². The molecule has 2 N–H and O–H groups in total. The number of hydrogen-bond donors (Lipinski definition) is 2. The zero-order chi connectivity index (χ0) is 12.4. The molecule has 0 saturated heterocycles. The van der Waals surface area contributed by atoms with E-state index >= 15 is 0 Å². The number of hydrogen-bond acceptors (Lipinski definition) is 3. The van der Waals surface area contributed by atoms with Crippen molar-refractivity contribution in [3.63, 3.8) is 0 Å². The van der Waals surface area contributed by atoms with E-state index in [4.69, 9.17) is 4.84 Å². The monoisotopic (exact) mass is 227 g/mol. The van der Waals surface area contributed by atoms with Gasteiger partial charge in [-0.2, -0.15) is 0 Å². The molecule has 1 atom stereocenters. The molecule has 5 heteroatoms. The minimum atomic E-state index is -0.403. The molecule has 0 saturated carbocycles. The first-order valence-corrected chi connectivity index (χ1v) is 5.48. The Kier molecular flexibility index (Phi) is 3.45. The van der Waals surface area contributed by atoms with Crippen LogP contribution in [0.1, 0.15) is 41.0 Å². The van der Waals surface area contributed by atoms with Gasteiger partial charge in [-0.1, -0.05) is 5.16 Å². The fraction of sp³-hybridized carbons (Fsp3) is 0.818. The average Bonchev–Trinajstić information content (AvgIpc) is 2.41. The molecule has 0 bridgehead atoms. The van der Waals surface area contributed by atoms with Gasteiger partial charge >= 0.3 is 6.03 Å². The Morgan fingerprint density at radius 1 is 1.56 bits per heavy atom. The molecule has 92 valence electrons. The minimum Gasteiger partial charge on any atom is -0.387 e. The third-order valence-electron chi connectivity index (χ3n) is 2.16. The lowest BCUT2D eigenvalue weighted by atomic mass is 10.0. The van der Waals surface area contributed by atoms with E-state index in [2.05, 4.69) is 15.8 Å². The molecule has 1 rings (SSSR count). The van der Waals surface area contributed by atoms with Gasteiger partial charge < -0.3 is 15.5 Å². The van der Waals surface area contributed by atoms with Crippen LogP contribution in [0.4, 0.5) is 4.79 Å². The predicted octanol–water partition coefficient (Wildman–Crippen LogP) is 1.64. The first-order valence-electron chi connectivity index (χ1n) is 5.48. The highest BCUT2D eigenvalue weighted by Crippen LogP contribution is 2.22. The van der Waals surface area contributed by atoms with Crippen molar-refractivity contribution < 1.29 is 9.63 Å². The fourth-order valence-corrected chi connectivity index (χ4v) is 1.54. The summed E-state index contributed by atoms with van der Waals surface area (Å²) in [6, 6.07) is -0.179. The fourth-order valence-electron chi connectivity index (χ4n) is 1.54. The molecular weight excluding hydrogens is 206 g/mol. The Bertz CT molecular complexity index is 307. The normalized spacial score (nSPS) is 24.7. The highest BCUT2D eigenvalue weighted by molar-refractivity contribution is 5.83. The maximum absolute atomic E-state index is 11.5. The molecule has 16 heavy (non-hydrogen) atoms. The van der Waals surface area contributed by atoms with Crippen molar-refractivity contribution in [3.05, 3.63) is 0 Å². The molecule has 1 heterocycles. The van der Waals surface area contributed by atoms with E-state index in [0.717, 1.165) is 12.1 Å². The highest BCUT2D eigenvalue weighted by Gasteiger charge is 2.33. The van der Waals surface area contributed by atoms with Gasteiger partial charge in [0.05, 0.1) is 12.3 Å². The second-order valence-electron chi connectivity index (χ2n) is 5.60. The van der Waals surface area contributed by atoms with E-state index in [1.807, 2.05) is 34.6 Å². The van der Waals surface area contributed by atoms with Gasteiger partial charge in [-0.15, -0.1) is 0 Å². The summed E-state index contributed by atoms with van der Waals surface area (Å²) >= 11 is 0. The van der Waals surface area contributed by atoms with Crippen molar-refractivity contribution in [2.24, 2.45) is 5.16 Å². The maximum atomic E-state index is 11.5. The van der Waals surface area contributed by atoms with Gasteiger partial charge in [-0.05, 0) is 34.6 Å². The van der Waals surface area contributed by atoms with Crippen LogP contribution in [0.15, 0.2) is 5.16 Å². The molecule has 0 aliphatic carbocycles. The van der Waals surface area contributed by atoms with Crippen molar-refractivity contribution in [2.45, 2.75) is 52.2 Å². The molecule has 2 amide bonds. The first-order chi connectivity index (χ1) is 7.20. The summed E-state index contributed by atoms with van der Waals surface area (Å²) in [5, 5.41) is 9.51. The van der Waals surface area contributed by atoms with Crippen molar-refractivity contribution in [2.75, 3.05) is 6.54 Å². The molecule has 0 aromatic carbocycles. The van der Waals surface area contributed by atoms with Crippen LogP contribution in [0.25, 0.3) is 0 Å². The van der Waals surface area contributed by atoms with Crippen LogP contribution in [-0.4, -0.2) is 29.4 Å². The predicted molar refractivity (Wildman–Crippen MR) is 63.5 cm³/mol. The molecule has 0 fully saturated rings. The third kappa shape index (κ3) is 4.08. The molecule has 0 aromatic heterocycles. The zero-order valence-electron chi connectivity index (χ0n) is 10.7. The summed E-state index contributed by atoms with van der Waals surface area (Å²) < 4.78 is 0. The summed E-state index contributed by atoms with van der Waals surface area (Å²) in [4.78, 5) is 16.8. The third-order valence-corrected chi connectivity index (χ3v) is 2.16. The highest BCUT2D eigenvalue weighted by atomic mass is 16.7. The molecule has 0 spiro atoms. The standard InChI is InChI=1S/C11H21N3O2/c1-8-6-11(5,16-14-8)7-12-9(15)13-10(2,3)4/h6-7H2,1-5H3,(H2,12,13,15)/t11-/m1/s1. The number of oxime groups is 1. The Morgan fingerprint density at radius 2 is 2.19 bits per heavy atom. The maximum Gasteiger partial charge on any atom is 0.315 e. The second kappa shape index (κ2) is 4.31. The SMILES string of the molecule is CC1=NO[C@@](C)(CNC(=O)NC(C)(C)C)C1. The van der Waals surface area contributed by atoms with Crippen molar-refractivity contribution in [3.8, 4) is 0 Å². The van der Waals surface area contributed by atoms with Gasteiger partial charge in [0.25, 0.3) is 0 Å². The Balaban J connectivity index is 2.33. The Morgan fingerprint density at radius 3 is 2.62 bits per heavy atom. The summed E-state index contributed by atoms with van der Waals surface area (Å²) in [5.74, 6) is 0. The van der Waals surface area contributed by atoms with E-state index < -0.39 is 5.60 Å². The molecular formula is C11H21N3O2. The van der Waals surface area contributed by atoms with Crippen LogP contribution >= 0.6 is 0 Å². The molecule has 1 aliphatic rings. The molecule has 5 nitrogen and oxygen atoms in total. The number of nitrogens with zero attached hydrogens (tertiary/aromatic N) is 1. The van der Waals surface area contributed by atoms with E-state index in [0.29, 0.717) is 6.54 Å². The van der Waals surface area contributed by atoms with Crippen LogP contribution in [0.5, 0.6) is 0 Å². The number of urea groups is 1. The van der Waals surface area contributed by atoms with Crippen LogP contribution in [0.2, 0.25) is 0 Å². The summed E-state index contributed by atoms with van der Waals surface area (Å²) in [6.07, 6.45) is 0.753. The average molecular weight is 227 g/mol. The van der Waals surface area contributed by atoms with Crippen LogP contribution < -0.4 is 10.6 Å². The minimum absolute atomic E-state index is 0.179. The number of carbonyl (C=O) groups is 1. The van der Waals surface area contributed by atoms with Gasteiger partial charge in [-0.25, -0.2) is 4.79 Å². The number of carbonyl (C=O) groups excluding carboxylic acids is 1. The second-order valence-corrected chi connectivity index (χ2v) is 5.60. The van der Waals surface area contributed by atoms with Gasteiger partial charge in [0, 0.05) is 12.0 Å². The quantitative estimate of drug-likeness (QED) is 0.753. The van der Waals surface area contributed by atoms with E-state index in [9.17, 15) is 4.79 Å². The lowest BCUT2D eigenvalue weighted by Crippen LogP contribution is -2.50. The van der Waals surface area contributed by atoms with E-state index in [1.165, 1.54) is 0 Å². The Hall–Kier alpha value is -1.26. The van der Waals surface area contributed by atoms with Gasteiger partial charge in [0.1, 0.15) is 0 Å². The smallest absolute Gasteiger partial charge is 0.315 e. The number of rotatable bonds is 2. The van der Waals surface area contributed by atoms with Gasteiger partial charge in [0.2, 0.25) is 0 Å². The van der Waals surface area contributed by atoms with Gasteiger partial charge in [-0.3, -0.25) is 0 Å². The lowest BCUT2D eigenvalue weighted by Gasteiger charge is -2.25. The zero-order valence-corrected chi connectivity index (χ0v) is 10.7. The van der Waals surface area contributed by atoms with Crippen LogP contribution in [0.3, 0.4) is 0 Å². The van der Waals surface area contributed by atoms with E-state index in [1.54, 1.807) is 0 Å². The molecule has 0 unspecified atom stereocenters. The Labute approximate surface area is 96.6 Å². The summed E-state index contributed by atoms with van der Waals surface area (Å²) in [5.41, 5.74) is 0.327. The van der Waals surface area contributed by atoms with Crippen LogP contribution in [-0.2, 0) is 4.84 Å². The molecule has 0 radical (unpaired) electrons. The summed E-state index contributed by atoms with van der Waals surface area (Å²) in [7, 11) is 0.